The number of hydrogen-bond acceptors (Lipinski definition) is 5. The summed E-state index contributed by atoms with van der Waals surface area (Å²) in [4.78, 5) is 37.9. The van der Waals surface area contributed by atoms with Crippen molar-refractivity contribution in [1.82, 2.24) is 5.06 Å². The van der Waals surface area contributed by atoms with Crippen molar-refractivity contribution in [1.29, 1.82) is 0 Å². The molecule has 1 fully saturated rings. The third-order valence-electron chi connectivity index (χ3n) is 1.80. The van der Waals surface area contributed by atoms with E-state index >= 15 is 0 Å². The fourth-order valence-corrected chi connectivity index (χ4v) is 1.50. The maximum Gasteiger partial charge on any atom is 0.333 e. The van der Waals surface area contributed by atoms with E-state index in [1.165, 1.54) is 6.42 Å². The van der Waals surface area contributed by atoms with Gasteiger partial charge < -0.3 is 9.63 Å². The first kappa shape index (κ1) is 15.9. The second-order valence-corrected chi connectivity index (χ2v) is 3.98. The van der Waals surface area contributed by atoms with Crippen molar-refractivity contribution in [2.45, 2.75) is 19.3 Å². The first-order chi connectivity index (χ1) is 7.15. The Morgan fingerprint density at radius 2 is 2.25 bits per heavy atom. The van der Waals surface area contributed by atoms with Crippen molar-refractivity contribution in [3.63, 3.8) is 0 Å². The number of thioether (sulfide) groups is 1. The third-order valence-corrected chi connectivity index (χ3v) is 2.50. The van der Waals surface area contributed by atoms with Crippen LogP contribution in [0.15, 0.2) is 0 Å². The largest absolute Gasteiger partial charge is 0.333 e. The van der Waals surface area contributed by atoms with Crippen LogP contribution in [0.3, 0.4) is 0 Å². The Morgan fingerprint density at radius 1 is 1.56 bits per heavy atom. The SMILES string of the molecule is CSCCCC(=O)ON1C(=O)[CH-]CC1=O.[U]. The van der Waals surface area contributed by atoms with Crippen LogP contribution in [0.2, 0.25) is 0 Å². The minimum atomic E-state index is -0.557. The summed E-state index contributed by atoms with van der Waals surface area (Å²) in [6.45, 7) is 0. The van der Waals surface area contributed by atoms with E-state index in [4.69, 9.17) is 0 Å². The van der Waals surface area contributed by atoms with Gasteiger partial charge in [-0.1, -0.05) is 6.42 Å². The molecule has 0 atom stereocenters. The maximum absolute atomic E-state index is 11.2. The standard InChI is InChI=1S/C9H12NO4S.U/c1-15-6-2-3-9(13)14-10-7(11)4-5-8(10)12;/h4H,2-3,5-6H2,1H3;/q-1;. The molecule has 0 radical (unpaired) electrons. The Balaban J connectivity index is 0.00000225. The zero-order valence-corrected chi connectivity index (χ0v) is 13.9. The van der Waals surface area contributed by atoms with Crippen LogP contribution in [-0.4, -0.2) is 34.9 Å². The van der Waals surface area contributed by atoms with E-state index in [0.717, 1.165) is 5.75 Å². The fraction of sp³-hybridized carbons (Fsp3) is 0.556. The summed E-state index contributed by atoms with van der Waals surface area (Å²) in [6.07, 6.45) is 4.04. The molecule has 1 rings (SSSR count). The fourth-order valence-electron chi connectivity index (χ4n) is 1.07. The topological polar surface area (TPSA) is 63.7 Å². The van der Waals surface area contributed by atoms with Gasteiger partial charge in [-0.05, 0) is 18.4 Å². The molecule has 0 N–H and O–H groups in total. The molecule has 0 aliphatic carbocycles. The summed E-state index contributed by atoms with van der Waals surface area (Å²) in [5.74, 6) is -0.735. The molecule has 0 unspecified atom stereocenters. The van der Waals surface area contributed by atoms with Gasteiger partial charge in [0, 0.05) is 37.5 Å². The molecule has 16 heavy (non-hydrogen) atoms. The molecule has 1 aliphatic rings. The van der Waals surface area contributed by atoms with Crippen molar-refractivity contribution in [3.05, 3.63) is 6.42 Å². The molecule has 1 aliphatic heterocycles. The number of hydrogen-bond donors (Lipinski definition) is 0. The van der Waals surface area contributed by atoms with Gasteiger partial charge >= 0.3 is 5.97 Å². The number of imide groups is 1. The number of carbonyl (C=O) groups is 3. The van der Waals surface area contributed by atoms with Gasteiger partial charge in [0.1, 0.15) is 5.91 Å². The zero-order chi connectivity index (χ0) is 11.3. The van der Waals surface area contributed by atoms with Crippen LogP contribution < -0.4 is 0 Å². The molecule has 0 aromatic carbocycles. The Kier molecular flexibility index (Phi) is 7.98. The summed E-state index contributed by atoms with van der Waals surface area (Å²) in [7, 11) is 0. The number of nitrogens with zero attached hydrogens (tertiary/aromatic N) is 1. The van der Waals surface area contributed by atoms with Crippen LogP contribution in [-0.2, 0) is 19.2 Å². The van der Waals surface area contributed by atoms with Crippen molar-refractivity contribution in [2.75, 3.05) is 12.0 Å². The molecule has 5 nitrogen and oxygen atoms in total. The van der Waals surface area contributed by atoms with E-state index in [9.17, 15) is 14.4 Å². The normalized spacial score (nSPS) is 14.4. The summed E-state index contributed by atoms with van der Waals surface area (Å²) >= 11 is 1.63. The van der Waals surface area contributed by atoms with E-state index in [1.54, 1.807) is 11.8 Å². The first-order valence-corrected chi connectivity index (χ1v) is 5.94. The van der Waals surface area contributed by atoms with Crippen LogP contribution >= 0.6 is 11.8 Å². The molecular weight excluding hydrogens is 456 g/mol. The predicted molar refractivity (Wildman–Crippen MR) is 54.5 cm³/mol. The number of hydroxylamine groups is 2. The van der Waals surface area contributed by atoms with Gasteiger partial charge in [-0.2, -0.15) is 11.8 Å². The van der Waals surface area contributed by atoms with E-state index in [-0.39, 0.29) is 44.0 Å². The van der Waals surface area contributed by atoms with Gasteiger partial charge in [0.25, 0.3) is 0 Å². The Morgan fingerprint density at radius 3 is 2.75 bits per heavy atom. The van der Waals surface area contributed by atoms with Crippen molar-refractivity contribution in [3.8, 4) is 0 Å². The summed E-state index contributed by atoms with van der Waals surface area (Å²) < 4.78 is 0. The second kappa shape index (κ2) is 8.04. The summed E-state index contributed by atoms with van der Waals surface area (Å²) in [5, 5.41) is 0.529. The molecule has 1 heterocycles. The van der Waals surface area contributed by atoms with Crippen molar-refractivity contribution >= 4 is 29.5 Å². The van der Waals surface area contributed by atoms with Gasteiger partial charge in [-0.15, -0.1) is 5.06 Å². The van der Waals surface area contributed by atoms with Crippen LogP contribution in [0, 0.1) is 37.5 Å². The molecule has 7 heteroatoms. The maximum atomic E-state index is 11.2. The van der Waals surface area contributed by atoms with Crippen LogP contribution in [0.4, 0.5) is 0 Å². The van der Waals surface area contributed by atoms with E-state index in [1.807, 2.05) is 6.26 Å². The molecule has 0 spiro atoms. The van der Waals surface area contributed by atoms with Crippen molar-refractivity contribution in [2.24, 2.45) is 0 Å². The van der Waals surface area contributed by atoms with E-state index in [0.29, 0.717) is 11.5 Å². The molecule has 1 saturated heterocycles. The first-order valence-electron chi connectivity index (χ1n) is 4.55. The molecule has 0 aromatic heterocycles. The minimum Gasteiger partial charge on any atom is -0.333 e. The number of carbonyl (C=O) groups excluding carboxylic acids is 3. The molecular formula is C9H12NO4SU-. The van der Waals surface area contributed by atoms with Gasteiger partial charge in [0.05, 0.1) is 0 Å². The van der Waals surface area contributed by atoms with Gasteiger partial charge in [0.15, 0.2) is 0 Å². The predicted octanol–water partition coefficient (Wildman–Crippen LogP) is 0.551. The average Bonchev–Trinajstić information content (AvgIpc) is 2.50. The molecule has 0 saturated carbocycles. The molecule has 0 bridgehead atoms. The van der Waals surface area contributed by atoms with Gasteiger partial charge in [-0.3, -0.25) is 11.2 Å². The molecule has 88 valence electrons. The average molecular weight is 468 g/mol. The summed E-state index contributed by atoms with van der Waals surface area (Å²) in [6, 6.07) is 0. The van der Waals surface area contributed by atoms with Crippen LogP contribution in [0.1, 0.15) is 19.3 Å². The van der Waals surface area contributed by atoms with Crippen LogP contribution in [0.25, 0.3) is 0 Å². The molecule has 2 amide bonds. The Labute approximate surface area is 122 Å². The Bertz CT molecular complexity index is 269. The molecule has 0 aromatic rings. The smallest absolute Gasteiger partial charge is 0.333 e. The van der Waals surface area contributed by atoms with E-state index < -0.39 is 17.8 Å². The van der Waals surface area contributed by atoms with Gasteiger partial charge in [-0.25, -0.2) is 4.79 Å². The van der Waals surface area contributed by atoms with Gasteiger partial charge in [0.2, 0.25) is 5.91 Å². The van der Waals surface area contributed by atoms with E-state index in [2.05, 4.69) is 4.84 Å². The number of rotatable bonds is 5. The zero-order valence-electron chi connectivity index (χ0n) is 8.89. The van der Waals surface area contributed by atoms with Crippen LogP contribution in [0.5, 0.6) is 0 Å². The van der Waals surface area contributed by atoms with Crippen molar-refractivity contribution < 1.29 is 50.3 Å². The Hall–Kier alpha value is -0.118. The second-order valence-electron chi connectivity index (χ2n) is 2.99. The quantitative estimate of drug-likeness (QED) is 0.335. The number of amides is 2. The minimum absolute atomic E-state index is 0. The third kappa shape index (κ3) is 4.81. The summed E-state index contributed by atoms with van der Waals surface area (Å²) in [5.41, 5.74) is 0. The monoisotopic (exact) mass is 468 g/mol.